The molecule has 10 heteroatoms. The second-order valence-electron chi connectivity index (χ2n) is 4.80. The number of rotatable bonds is 5. The standard InChI is InChI=1S/C13H13N7O2S/c1-2-3-19-12(22)17-18-13(19)23-7-9-4-10(21)20-11(16-9)8(5-14)6-15-20/h4,6,15H,2-3,7H2,1H3,(H,17,22). The summed E-state index contributed by atoms with van der Waals surface area (Å²) in [6, 6.07) is 3.38. The van der Waals surface area contributed by atoms with Crippen molar-refractivity contribution in [3.05, 3.63) is 44.4 Å². The second kappa shape index (κ2) is 6.13. The van der Waals surface area contributed by atoms with Gasteiger partial charge in [-0.1, -0.05) is 18.7 Å². The van der Waals surface area contributed by atoms with Crippen LogP contribution in [0, 0.1) is 11.3 Å². The number of nitrogens with zero attached hydrogens (tertiary/aromatic N) is 5. The average molecular weight is 331 g/mol. The highest BCUT2D eigenvalue weighted by Gasteiger charge is 2.12. The van der Waals surface area contributed by atoms with E-state index in [2.05, 4.69) is 20.3 Å². The predicted molar refractivity (Wildman–Crippen MR) is 83.2 cm³/mol. The van der Waals surface area contributed by atoms with Gasteiger partial charge in [-0.2, -0.15) is 5.26 Å². The van der Waals surface area contributed by atoms with Gasteiger partial charge in [-0.15, -0.1) is 5.10 Å². The fourth-order valence-electron chi connectivity index (χ4n) is 2.16. The molecule has 0 fully saturated rings. The first-order valence-electron chi connectivity index (χ1n) is 6.92. The highest BCUT2D eigenvalue weighted by molar-refractivity contribution is 7.98. The maximum atomic E-state index is 12.0. The number of nitriles is 1. The molecule has 118 valence electrons. The lowest BCUT2D eigenvalue weighted by atomic mass is 10.3. The maximum Gasteiger partial charge on any atom is 0.343 e. The van der Waals surface area contributed by atoms with E-state index in [4.69, 9.17) is 5.26 Å². The van der Waals surface area contributed by atoms with Gasteiger partial charge >= 0.3 is 5.69 Å². The molecule has 3 rings (SSSR count). The second-order valence-corrected chi connectivity index (χ2v) is 5.74. The molecule has 0 spiro atoms. The highest BCUT2D eigenvalue weighted by atomic mass is 32.2. The van der Waals surface area contributed by atoms with Gasteiger partial charge in [-0.25, -0.2) is 19.4 Å². The van der Waals surface area contributed by atoms with Crippen LogP contribution >= 0.6 is 11.8 Å². The zero-order chi connectivity index (χ0) is 16.4. The molecule has 23 heavy (non-hydrogen) atoms. The van der Waals surface area contributed by atoms with Crippen molar-refractivity contribution in [2.45, 2.75) is 30.8 Å². The van der Waals surface area contributed by atoms with Gasteiger partial charge in [0.25, 0.3) is 5.56 Å². The fourth-order valence-corrected chi connectivity index (χ4v) is 3.02. The Hall–Kier alpha value is -2.80. The topological polar surface area (TPSA) is 125 Å². The van der Waals surface area contributed by atoms with E-state index in [0.29, 0.717) is 34.4 Å². The minimum absolute atomic E-state index is 0.254. The molecule has 0 aliphatic carbocycles. The molecular weight excluding hydrogens is 318 g/mol. The van der Waals surface area contributed by atoms with Crippen LogP contribution in [0.15, 0.2) is 27.0 Å². The van der Waals surface area contributed by atoms with Gasteiger partial charge in [0.15, 0.2) is 10.8 Å². The fraction of sp³-hybridized carbons (Fsp3) is 0.308. The smallest absolute Gasteiger partial charge is 0.295 e. The summed E-state index contributed by atoms with van der Waals surface area (Å²) in [6.45, 7) is 2.54. The summed E-state index contributed by atoms with van der Waals surface area (Å²) in [6.07, 6.45) is 2.25. The Labute approximate surface area is 134 Å². The number of aromatic nitrogens is 6. The van der Waals surface area contributed by atoms with Crippen molar-refractivity contribution < 1.29 is 0 Å². The summed E-state index contributed by atoms with van der Waals surface area (Å²) < 4.78 is 2.77. The van der Waals surface area contributed by atoms with Crippen molar-refractivity contribution in [1.82, 2.24) is 29.4 Å². The molecule has 3 aromatic rings. The molecule has 9 nitrogen and oxygen atoms in total. The van der Waals surface area contributed by atoms with Crippen molar-refractivity contribution in [2.75, 3.05) is 0 Å². The third-order valence-corrected chi connectivity index (χ3v) is 4.20. The van der Waals surface area contributed by atoms with E-state index in [-0.39, 0.29) is 11.2 Å². The number of hydrogen-bond acceptors (Lipinski definition) is 6. The van der Waals surface area contributed by atoms with Gasteiger partial charge in [0.05, 0.1) is 5.69 Å². The molecule has 0 bridgehead atoms. The van der Waals surface area contributed by atoms with Crippen LogP contribution in [0.4, 0.5) is 0 Å². The summed E-state index contributed by atoms with van der Waals surface area (Å²) >= 11 is 1.31. The SMILES string of the molecule is CCCn1c(SCc2cc(=O)n3[nH]cc(C#N)c3n2)n[nH]c1=O. The zero-order valence-electron chi connectivity index (χ0n) is 12.2. The maximum absolute atomic E-state index is 12.0. The first kappa shape index (κ1) is 15.1. The van der Waals surface area contributed by atoms with Crippen molar-refractivity contribution >= 4 is 17.4 Å². The number of H-pyrrole nitrogens is 2. The minimum atomic E-state index is -0.292. The Kier molecular flexibility index (Phi) is 4.03. The van der Waals surface area contributed by atoms with E-state index in [1.165, 1.54) is 28.5 Å². The largest absolute Gasteiger partial charge is 0.343 e. The van der Waals surface area contributed by atoms with Gasteiger partial charge in [-0.05, 0) is 6.42 Å². The van der Waals surface area contributed by atoms with Crippen LogP contribution in [-0.2, 0) is 12.3 Å². The zero-order valence-corrected chi connectivity index (χ0v) is 13.1. The quantitative estimate of drug-likeness (QED) is 0.655. The van der Waals surface area contributed by atoms with Gasteiger partial charge < -0.3 is 0 Å². The van der Waals surface area contributed by atoms with E-state index >= 15 is 0 Å². The number of nitrogens with one attached hydrogen (secondary N) is 2. The summed E-state index contributed by atoms with van der Waals surface area (Å²) in [5.41, 5.74) is 0.574. The molecule has 0 saturated carbocycles. The van der Waals surface area contributed by atoms with Crippen LogP contribution in [0.3, 0.4) is 0 Å². The molecule has 0 radical (unpaired) electrons. The minimum Gasteiger partial charge on any atom is -0.295 e. The van der Waals surface area contributed by atoms with Crippen molar-refractivity contribution in [3.8, 4) is 6.07 Å². The molecule has 2 N–H and O–H groups in total. The van der Waals surface area contributed by atoms with E-state index in [9.17, 15) is 9.59 Å². The van der Waals surface area contributed by atoms with E-state index < -0.39 is 0 Å². The van der Waals surface area contributed by atoms with Crippen molar-refractivity contribution in [1.29, 1.82) is 5.26 Å². The normalized spacial score (nSPS) is 11.0. The Balaban J connectivity index is 1.89. The number of thioether (sulfide) groups is 1. The Morgan fingerprint density at radius 3 is 3.00 bits per heavy atom. The van der Waals surface area contributed by atoms with Crippen molar-refractivity contribution in [2.24, 2.45) is 0 Å². The summed E-state index contributed by atoms with van der Waals surface area (Å²) in [5.74, 6) is 0.371. The first-order chi connectivity index (χ1) is 11.1. The first-order valence-corrected chi connectivity index (χ1v) is 7.90. The molecule has 0 amide bonds. The van der Waals surface area contributed by atoms with Crippen LogP contribution in [0.2, 0.25) is 0 Å². The lowest BCUT2D eigenvalue weighted by Crippen LogP contribution is -2.17. The molecule has 0 aliphatic rings. The number of hydrogen-bond donors (Lipinski definition) is 2. The van der Waals surface area contributed by atoms with Gasteiger partial charge in [0.1, 0.15) is 11.6 Å². The Bertz CT molecular complexity index is 1000. The van der Waals surface area contributed by atoms with E-state index in [0.717, 1.165) is 6.42 Å². The van der Waals surface area contributed by atoms with Crippen molar-refractivity contribution in [3.63, 3.8) is 0 Å². The summed E-state index contributed by atoms with van der Waals surface area (Å²) in [7, 11) is 0. The van der Waals surface area contributed by atoms with Crippen LogP contribution in [0.1, 0.15) is 24.6 Å². The van der Waals surface area contributed by atoms with E-state index in [1.54, 1.807) is 4.57 Å². The Morgan fingerprint density at radius 1 is 1.43 bits per heavy atom. The van der Waals surface area contributed by atoms with Crippen LogP contribution in [0.25, 0.3) is 5.65 Å². The van der Waals surface area contributed by atoms with Crippen LogP contribution in [-0.4, -0.2) is 29.4 Å². The molecule has 0 atom stereocenters. The van der Waals surface area contributed by atoms with E-state index in [1.807, 2.05) is 13.0 Å². The molecule has 3 aromatic heterocycles. The predicted octanol–water partition coefficient (Wildman–Crippen LogP) is 0.481. The molecule has 0 aliphatic heterocycles. The number of fused-ring (bicyclic) bond motifs is 1. The van der Waals surface area contributed by atoms with Gasteiger partial charge in [0.2, 0.25) is 0 Å². The third-order valence-electron chi connectivity index (χ3n) is 3.19. The molecule has 3 heterocycles. The molecule has 0 saturated heterocycles. The molecule has 0 aromatic carbocycles. The van der Waals surface area contributed by atoms with Gasteiger partial charge in [-0.3, -0.25) is 14.5 Å². The monoisotopic (exact) mass is 331 g/mol. The molecular formula is C13H13N7O2S. The average Bonchev–Trinajstić information content (AvgIpc) is 3.10. The van der Waals surface area contributed by atoms with Gasteiger partial charge in [0, 0.05) is 24.6 Å². The van der Waals surface area contributed by atoms with Crippen LogP contribution < -0.4 is 11.2 Å². The summed E-state index contributed by atoms with van der Waals surface area (Å²) in [4.78, 5) is 28.0. The lowest BCUT2D eigenvalue weighted by Gasteiger charge is -2.03. The lowest BCUT2D eigenvalue weighted by molar-refractivity contribution is 0.603. The summed E-state index contributed by atoms with van der Waals surface area (Å²) in [5, 5.41) is 18.7. The molecule has 0 unspecified atom stereocenters. The van der Waals surface area contributed by atoms with Crippen LogP contribution in [0.5, 0.6) is 0 Å². The Morgan fingerprint density at radius 2 is 2.26 bits per heavy atom. The third kappa shape index (κ3) is 2.78. The highest BCUT2D eigenvalue weighted by Crippen LogP contribution is 2.18. The number of aromatic amines is 2.